The van der Waals surface area contributed by atoms with Gasteiger partial charge in [0.2, 0.25) is 0 Å². The van der Waals surface area contributed by atoms with Crippen molar-refractivity contribution in [2.75, 3.05) is 0 Å². The summed E-state index contributed by atoms with van der Waals surface area (Å²) in [5, 5.41) is 0.736. The molecule has 0 aliphatic heterocycles. The molecule has 1 aromatic rings. The molecular formula is C7H5Cl3N2. The van der Waals surface area contributed by atoms with Crippen molar-refractivity contribution in [2.45, 2.75) is 18.8 Å². The van der Waals surface area contributed by atoms with Crippen LogP contribution in [0.1, 0.15) is 24.6 Å². The van der Waals surface area contributed by atoms with E-state index in [4.69, 9.17) is 34.8 Å². The van der Waals surface area contributed by atoms with E-state index in [1.54, 1.807) is 0 Å². The van der Waals surface area contributed by atoms with Crippen LogP contribution < -0.4 is 0 Å². The molecule has 0 saturated heterocycles. The smallest absolute Gasteiger partial charge is 0.152 e. The van der Waals surface area contributed by atoms with E-state index >= 15 is 0 Å². The number of halogens is 3. The molecule has 1 heterocycles. The third-order valence-electron chi connectivity index (χ3n) is 1.73. The van der Waals surface area contributed by atoms with E-state index < -0.39 is 0 Å². The molecule has 1 saturated carbocycles. The zero-order chi connectivity index (χ0) is 8.72. The molecule has 0 unspecified atom stereocenters. The standard InChI is InChI=1S/C7H5Cl3N2/c8-4-5(9)11-7(3-1-2-3)12-6(4)10/h3H,1-2H2. The molecule has 1 fully saturated rings. The summed E-state index contributed by atoms with van der Waals surface area (Å²) in [5.41, 5.74) is 0. The van der Waals surface area contributed by atoms with Crippen LogP contribution in [0.4, 0.5) is 0 Å². The largest absolute Gasteiger partial charge is 0.219 e. The lowest BCUT2D eigenvalue weighted by Crippen LogP contribution is -1.93. The molecule has 0 spiro atoms. The Kier molecular flexibility index (Phi) is 2.15. The molecular weight excluding hydrogens is 218 g/mol. The Morgan fingerprint density at radius 3 is 1.92 bits per heavy atom. The van der Waals surface area contributed by atoms with Crippen molar-refractivity contribution in [1.82, 2.24) is 9.97 Å². The van der Waals surface area contributed by atoms with Crippen LogP contribution in [0, 0.1) is 0 Å². The van der Waals surface area contributed by atoms with Crippen LogP contribution in [-0.2, 0) is 0 Å². The molecule has 0 radical (unpaired) electrons. The molecule has 0 N–H and O–H groups in total. The molecule has 2 nitrogen and oxygen atoms in total. The van der Waals surface area contributed by atoms with Gasteiger partial charge in [-0.15, -0.1) is 0 Å². The van der Waals surface area contributed by atoms with Gasteiger partial charge in [0.1, 0.15) is 10.8 Å². The fourth-order valence-corrected chi connectivity index (χ4v) is 1.42. The Balaban J connectivity index is 2.45. The number of rotatable bonds is 1. The summed E-state index contributed by atoms with van der Waals surface area (Å²) in [4.78, 5) is 8.07. The second-order valence-corrected chi connectivity index (χ2v) is 3.85. The molecule has 12 heavy (non-hydrogen) atoms. The Bertz CT molecular complexity index is 299. The van der Waals surface area contributed by atoms with Gasteiger partial charge < -0.3 is 0 Å². The van der Waals surface area contributed by atoms with E-state index in [-0.39, 0.29) is 15.3 Å². The van der Waals surface area contributed by atoms with Crippen LogP contribution in [0.2, 0.25) is 15.3 Å². The maximum Gasteiger partial charge on any atom is 0.152 e. The molecule has 5 heteroatoms. The van der Waals surface area contributed by atoms with Gasteiger partial charge in [-0.05, 0) is 12.8 Å². The zero-order valence-electron chi connectivity index (χ0n) is 6.02. The molecule has 1 aliphatic rings. The molecule has 64 valence electrons. The summed E-state index contributed by atoms with van der Waals surface area (Å²) in [6.07, 6.45) is 2.24. The van der Waals surface area contributed by atoms with Crippen LogP contribution >= 0.6 is 34.8 Å². The van der Waals surface area contributed by atoms with E-state index in [1.165, 1.54) is 0 Å². The van der Waals surface area contributed by atoms with Gasteiger partial charge in [-0.3, -0.25) is 0 Å². The van der Waals surface area contributed by atoms with E-state index in [0.717, 1.165) is 18.7 Å². The number of hydrogen-bond acceptors (Lipinski definition) is 2. The van der Waals surface area contributed by atoms with E-state index in [1.807, 2.05) is 0 Å². The lowest BCUT2D eigenvalue weighted by Gasteiger charge is -2.00. The molecule has 0 aromatic carbocycles. The quantitative estimate of drug-likeness (QED) is 0.683. The predicted molar refractivity (Wildman–Crippen MR) is 49.0 cm³/mol. The molecule has 1 aliphatic carbocycles. The van der Waals surface area contributed by atoms with Gasteiger partial charge in [0, 0.05) is 5.92 Å². The maximum absolute atomic E-state index is 5.72. The summed E-state index contributed by atoms with van der Waals surface area (Å²) in [6.45, 7) is 0. The van der Waals surface area contributed by atoms with Gasteiger partial charge in [0.15, 0.2) is 10.3 Å². The van der Waals surface area contributed by atoms with Crippen molar-refractivity contribution in [3.05, 3.63) is 21.2 Å². The van der Waals surface area contributed by atoms with E-state index in [9.17, 15) is 0 Å². The average Bonchev–Trinajstić information content (AvgIpc) is 2.81. The normalized spacial score (nSPS) is 16.6. The van der Waals surface area contributed by atoms with E-state index in [0.29, 0.717) is 5.92 Å². The Morgan fingerprint density at radius 1 is 1.00 bits per heavy atom. The highest BCUT2D eigenvalue weighted by Crippen LogP contribution is 2.40. The van der Waals surface area contributed by atoms with Gasteiger partial charge in [-0.1, -0.05) is 34.8 Å². The second kappa shape index (κ2) is 3.02. The van der Waals surface area contributed by atoms with Crippen molar-refractivity contribution >= 4 is 34.8 Å². The number of aromatic nitrogens is 2. The monoisotopic (exact) mass is 222 g/mol. The molecule has 2 rings (SSSR count). The van der Waals surface area contributed by atoms with Crippen LogP contribution in [0.25, 0.3) is 0 Å². The van der Waals surface area contributed by atoms with Crippen molar-refractivity contribution in [3.8, 4) is 0 Å². The van der Waals surface area contributed by atoms with Gasteiger partial charge in [-0.2, -0.15) is 0 Å². The van der Waals surface area contributed by atoms with Crippen LogP contribution in [0.5, 0.6) is 0 Å². The first-order valence-corrected chi connectivity index (χ1v) is 4.70. The number of hydrogen-bond donors (Lipinski definition) is 0. The number of nitrogens with zero attached hydrogens (tertiary/aromatic N) is 2. The van der Waals surface area contributed by atoms with Gasteiger partial charge in [0.25, 0.3) is 0 Å². The van der Waals surface area contributed by atoms with Gasteiger partial charge in [0.05, 0.1) is 0 Å². The fraction of sp³-hybridized carbons (Fsp3) is 0.429. The van der Waals surface area contributed by atoms with Crippen LogP contribution in [0.3, 0.4) is 0 Å². The highest BCUT2D eigenvalue weighted by atomic mass is 35.5. The highest BCUT2D eigenvalue weighted by Gasteiger charge is 2.27. The van der Waals surface area contributed by atoms with Crippen LogP contribution in [-0.4, -0.2) is 9.97 Å². The highest BCUT2D eigenvalue weighted by molar-refractivity contribution is 6.46. The minimum atomic E-state index is 0.239. The summed E-state index contributed by atoms with van der Waals surface area (Å²) in [6, 6.07) is 0. The minimum Gasteiger partial charge on any atom is -0.219 e. The first-order chi connectivity index (χ1) is 5.68. The molecule has 0 atom stereocenters. The van der Waals surface area contributed by atoms with Gasteiger partial charge in [-0.25, -0.2) is 9.97 Å². The SMILES string of the molecule is Clc1nc(C2CC2)nc(Cl)c1Cl. The lowest BCUT2D eigenvalue weighted by molar-refractivity contribution is 0.927. The first kappa shape index (κ1) is 8.54. The van der Waals surface area contributed by atoms with Gasteiger partial charge >= 0.3 is 0 Å². The topological polar surface area (TPSA) is 25.8 Å². The van der Waals surface area contributed by atoms with Crippen LogP contribution in [0.15, 0.2) is 0 Å². The minimum absolute atomic E-state index is 0.239. The summed E-state index contributed by atoms with van der Waals surface area (Å²) >= 11 is 17.1. The Morgan fingerprint density at radius 2 is 1.50 bits per heavy atom. The third kappa shape index (κ3) is 1.51. The molecule has 0 bridgehead atoms. The second-order valence-electron chi connectivity index (χ2n) is 2.75. The van der Waals surface area contributed by atoms with Crippen molar-refractivity contribution in [1.29, 1.82) is 0 Å². The Labute approximate surface area is 84.9 Å². The molecule has 0 amide bonds. The zero-order valence-corrected chi connectivity index (χ0v) is 8.29. The Hall–Kier alpha value is -0.0500. The third-order valence-corrected chi connectivity index (χ3v) is 2.83. The van der Waals surface area contributed by atoms with Crippen molar-refractivity contribution in [3.63, 3.8) is 0 Å². The molecule has 1 aromatic heterocycles. The lowest BCUT2D eigenvalue weighted by atomic mass is 10.4. The predicted octanol–water partition coefficient (Wildman–Crippen LogP) is 3.31. The first-order valence-electron chi connectivity index (χ1n) is 3.57. The van der Waals surface area contributed by atoms with E-state index in [2.05, 4.69) is 9.97 Å². The average molecular weight is 223 g/mol. The summed E-state index contributed by atoms with van der Waals surface area (Å²) < 4.78 is 0. The fourth-order valence-electron chi connectivity index (χ4n) is 0.934. The summed E-state index contributed by atoms with van der Waals surface area (Å²) in [5.74, 6) is 1.16. The summed E-state index contributed by atoms with van der Waals surface area (Å²) in [7, 11) is 0. The maximum atomic E-state index is 5.72. The van der Waals surface area contributed by atoms with Crippen molar-refractivity contribution in [2.24, 2.45) is 0 Å². The van der Waals surface area contributed by atoms with Crippen molar-refractivity contribution < 1.29 is 0 Å².